The minimum absolute atomic E-state index is 0.125. The molecule has 2 saturated heterocycles. The number of carbonyl (C=O) groups excluding carboxylic acids is 5. The zero-order chi connectivity index (χ0) is 38.7. The summed E-state index contributed by atoms with van der Waals surface area (Å²) in [6, 6.07) is 15.5. The first kappa shape index (κ1) is 41.0. The molecule has 1 N–H and O–H groups in total. The van der Waals surface area contributed by atoms with Crippen molar-refractivity contribution in [3.8, 4) is 11.5 Å². The largest absolute Gasteiger partial charge is 0.497 e. The van der Waals surface area contributed by atoms with E-state index in [2.05, 4.69) is 0 Å². The Morgan fingerprint density at radius 1 is 0.604 bits per heavy atom. The van der Waals surface area contributed by atoms with Gasteiger partial charge in [0.25, 0.3) is 0 Å². The smallest absolute Gasteiger partial charge is 0.303 e. The van der Waals surface area contributed by atoms with E-state index in [1.54, 1.807) is 24.3 Å². The molecule has 2 heterocycles. The van der Waals surface area contributed by atoms with E-state index in [0.717, 1.165) is 40.2 Å². The molecule has 4 rings (SSSR count). The molecule has 53 heavy (non-hydrogen) atoms. The molecule has 0 unspecified atom stereocenters. The Labute approximate surface area is 305 Å². The van der Waals surface area contributed by atoms with E-state index in [1.807, 2.05) is 30.3 Å². The lowest BCUT2D eigenvalue weighted by atomic mass is 9.96. The maximum atomic E-state index is 12.6. The van der Waals surface area contributed by atoms with Gasteiger partial charge >= 0.3 is 29.8 Å². The van der Waals surface area contributed by atoms with E-state index in [9.17, 15) is 29.1 Å². The van der Waals surface area contributed by atoms with Crippen molar-refractivity contribution in [2.45, 2.75) is 103 Å². The van der Waals surface area contributed by atoms with Crippen LogP contribution < -0.4 is 9.47 Å². The highest BCUT2D eigenvalue weighted by Crippen LogP contribution is 2.35. The number of aliphatic hydroxyl groups is 1. The number of aliphatic hydroxyl groups excluding tert-OH is 1. The third kappa shape index (κ3) is 11.8. The van der Waals surface area contributed by atoms with Crippen LogP contribution in [0.25, 0.3) is 0 Å². The van der Waals surface area contributed by atoms with Gasteiger partial charge in [-0.2, -0.15) is 0 Å². The molecule has 2 aliphatic rings. The molecule has 17 nitrogen and oxygen atoms in total. The molecule has 2 aliphatic heterocycles. The van der Waals surface area contributed by atoms with E-state index in [-0.39, 0.29) is 19.0 Å². The predicted octanol–water partition coefficient (Wildman–Crippen LogP) is 1.78. The second-order valence-electron chi connectivity index (χ2n) is 12.1. The van der Waals surface area contributed by atoms with Crippen molar-refractivity contribution in [2.24, 2.45) is 0 Å². The molecule has 10 atom stereocenters. The van der Waals surface area contributed by atoms with Crippen molar-refractivity contribution < 1.29 is 81.2 Å². The molecule has 0 bridgehead atoms. The molecule has 2 aromatic carbocycles. The number of ether oxygens (including phenoxy) is 11. The van der Waals surface area contributed by atoms with Crippen LogP contribution in [0.15, 0.2) is 54.6 Å². The fourth-order valence-corrected chi connectivity index (χ4v) is 5.71. The quantitative estimate of drug-likeness (QED) is 0.203. The van der Waals surface area contributed by atoms with Gasteiger partial charge in [-0.15, -0.1) is 0 Å². The van der Waals surface area contributed by atoms with Gasteiger partial charge in [0, 0.05) is 34.6 Å². The van der Waals surface area contributed by atoms with Crippen LogP contribution >= 0.6 is 0 Å². The molecule has 0 spiro atoms. The van der Waals surface area contributed by atoms with Crippen molar-refractivity contribution in [1.29, 1.82) is 0 Å². The van der Waals surface area contributed by atoms with Crippen LogP contribution in [0.5, 0.6) is 11.5 Å². The van der Waals surface area contributed by atoms with Crippen LogP contribution in [-0.4, -0.2) is 117 Å². The van der Waals surface area contributed by atoms with Gasteiger partial charge in [0.15, 0.2) is 24.6 Å². The van der Waals surface area contributed by atoms with E-state index >= 15 is 0 Å². The lowest BCUT2D eigenvalue weighted by Crippen LogP contribution is -2.67. The molecular weight excluding hydrogens is 704 g/mol. The number of methoxy groups -OCH3 is 1. The topological polar surface area (TPSA) is 207 Å². The second-order valence-corrected chi connectivity index (χ2v) is 12.1. The summed E-state index contributed by atoms with van der Waals surface area (Å²) in [6.07, 6.45) is -15.0. The summed E-state index contributed by atoms with van der Waals surface area (Å²) in [5.74, 6) is -3.26. The fourth-order valence-electron chi connectivity index (χ4n) is 5.71. The number of esters is 5. The Kier molecular flexibility index (Phi) is 14.9. The first-order valence-electron chi connectivity index (χ1n) is 16.6. The van der Waals surface area contributed by atoms with Crippen LogP contribution in [-0.2, 0) is 73.2 Å². The van der Waals surface area contributed by atoms with E-state index in [4.69, 9.17) is 52.1 Å². The van der Waals surface area contributed by atoms with Gasteiger partial charge in [-0.25, -0.2) is 0 Å². The maximum Gasteiger partial charge on any atom is 0.303 e. The number of hydrogen-bond donors (Lipinski definition) is 1. The van der Waals surface area contributed by atoms with Crippen LogP contribution in [0, 0.1) is 0 Å². The Balaban J connectivity index is 1.73. The predicted molar refractivity (Wildman–Crippen MR) is 177 cm³/mol. The van der Waals surface area contributed by atoms with Crippen molar-refractivity contribution in [3.05, 3.63) is 60.2 Å². The van der Waals surface area contributed by atoms with Gasteiger partial charge in [-0.3, -0.25) is 24.0 Å². The molecular formula is C36H44O17. The molecule has 17 heteroatoms. The van der Waals surface area contributed by atoms with Crippen LogP contribution in [0.3, 0.4) is 0 Å². The Morgan fingerprint density at radius 3 is 1.70 bits per heavy atom. The molecule has 0 amide bonds. The van der Waals surface area contributed by atoms with Gasteiger partial charge in [0.2, 0.25) is 12.4 Å². The minimum Gasteiger partial charge on any atom is -0.497 e. The summed E-state index contributed by atoms with van der Waals surface area (Å²) in [7, 11) is 1.48. The Bertz CT molecular complexity index is 1530. The van der Waals surface area contributed by atoms with Gasteiger partial charge in [-0.05, 0) is 29.8 Å². The lowest BCUT2D eigenvalue weighted by Gasteiger charge is -2.48. The zero-order valence-corrected chi connectivity index (χ0v) is 30.1. The highest BCUT2D eigenvalue weighted by atomic mass is 16.8. The third-order valence-corrected chi connectivity index (χ3v) is 7.87. The van der Waals surface area contributed by atoms with Crippen LogP contribution in [0.4, 0.5) is 0 Å². The van der Waals surface area contributed by atoms with Gasteiger partial charge < -0.3 is 57.2 Å². The van der Waals surface area contributed by atoms with Crippen molar-refractivity contribution in [3.63, 3.8) is 0 Å². The Hall–Kier alpha value is -4.81. The molecule has 290 valence electrons. The molecule has 0 saturated carbocycles. The van der Waals surface area contributed by atoms with Gasteiger partial charge in [0.05, 0.1) is 20.3 Å². The van der Waals surface area contributed by atoms with Crippen LogP contribution in [0.1, 0.15) is 40.2 Å². The number of carbonyl (C=O) groups is 5. The lowest BCUT2D eigenvalue weighted by molar-refractivity contribution is -0.355. The number of benzene rings is 2. The normalized spacial score (nSPS) is 28.1. The van der Waals surface area contributed by atoms with E-state index in [0.29, 0.717) is 5.75 Å². The fraction of sp³-hybridized carbons (Fsp3) is 0.528. The van der Waals surface area contributed by atoms with Gasteiger partial charge in [0.1, 0.15) is 42.5 Å². The molecule has 0 aromatic heterocycles. The zero-order valence-electron chi connectivity index (χ0n) is 30.1. The second kappa shape index (κ2) is 19.3. The maximum absolute atomic E-state index is 12.6. The summed E-state index contributed by atoms with van der Waals surface area (Å²) >= 11 is 0. The minimum atomic E-state index is -1.68. The monoisotopic (exact) mass is 748 g/mol. The number of hydrogen-bond acceptors (Lipinski definition) is 17. The van der Waals surface area contributed by atoms with E-state index in [1.165, 1.54) is 7.11 Å². The summed E-state index contributed by atoms with van der Waals surface area (Å²) < 4.78 is 63.3. The van der Waals surface area contributed by atoms with E-state index < -0.39 is 97.9 Å². The highest BCUT2D eigenvalue weighted by molar-refractivity contribution is 5.68. The Morgan fingerprint density at radius 2 is 1.13 bits per heavy atom. The van der Waals surface area contributed by atoms with Gasteiger partial charge in [-0.1, -0.05) is 30.3 Å². The molecule has 0 radical (unpaired) electrons. The number of rotatable bonds is 15. The summed E-state index contributed by atoms with van der Waals surface area (Å²) in [4.78, 5) is 61.7. The molecule has 2 fully saturated rings. The standard InChI is InChI=1S/C36H44O17/c1-19(37)45-18-28-30(32(47-21(3)39)34(49-23(5)41)35(52-28)50-26-14-12-25(43-6)13-15-26)53-36-33(48-22(4)40)31(46-20(2)38)29(42)27(51-36)17-44-16-24-10-8-7-9-11-24/h7-15,27-36,42H,16-18H2,1-6H3/t27-,28-,29-,30-,31+,32+,33-,34-,35-,36+/m1/s1. The van der Waals surface area contributed by atoms with Crippen molar-refractivity contribution >= 4 is 29.8 Å². The summed E-state index contributed by atoms with van der Waals surface area (Å²) in [6.45, 7) is 4.91. The third-order valence-electron chi connectivity index (χ3n) is 7.87. The summed E-state index contributed by atoms with van der Waals surface area (Å²) in [5, 5.41) is 11.3. The van der Waals surface area contributed by atoms with Crippen molar-refractivity contribution in [2.75, 3.05) is 20.3 Å². The average Bonchev–Trinajstić information content (AvgIpc) is 3.09. The van der Waals surface area contributed by atoms with Crippen molar-refractivity contribution in [1.82, 2.24) is 0 Å². The first-order chi connectivity index (χ1) is 25.2. The first-order valence-corrected chi connectivity index (χ1v) is 16.6. The SMILES string of the molecule is COc1ccc(O[C@@H]2O[C@H](COC(C)=O)[C@@H](O[C@@H]3O[C@H](COCc4ccccc4)[C@@H](O)[C@H](OC(C)=O)[C@H]3OC(C)=O)[C@H](OC(C)=O)[C@H]2OC(C)=O)cc1. The highest BCUT2D eigenvalue weighted by Gasteiger charge is 2.57. The van der Waals surface area contributed by atoms with Crippen LogP contribution in [0.2, 0.25) is 0 Å². The summed E-state index contributed by atoms with van der Waals surface area (Å²) in [5.41, 5.74) is 0.819. The average molecular weight is 749 g/mol. The molecule has 0 aliphatic carbocycles. The molecule has 2 aromatic rings.